The molecule has 5 nitrogen and oxygen atoms in total. The highest BCUT2D eigenvalue weighted by Gasteiger charge is 2.27. The van der Waals surface area contributed by atoms with Crippen molar-refractivity contribution in [2.75, 3.05) is 6.54 Å². The van der Waals surface area contributed by atoms with Crippen LogP contribution in [0.25, 0.3) is 11.5 Å². The molecular weight excluding hydrogens is 349 g/mol. The van der Waals surface area contributed by atoms with E-state index in [0.29, 0.717) is 23.6 Å². The highest BCUT2D eigenvalue weighted by atomic mass is 35.5. The number of carbonyl (C=O) groups is 1. The first-order valence-corrected chi connectivity index (χ1v) is 7.59. The average molecular weight is 374 g/mol. The van der Waals surface area contributed by atoms with Crippen LogP contribution in [0.4, 0.5) is 0 Å². The van der Waals surface area contributed by atoms with Gasteiger partial charge in [0.1, 0.15) is 5.69 Å². The monoisotopic (exact) mass is 373 g/mol. The molecule has 0 spiro atoms. The Morgan fingerprint density at radius 3 is 2.38 bits per heavy atom. The van der Waals surface area contributed by atoms with Crippen molar-refractivity contribution in [3.8, 4) is 11.5 Å². The number of pyridine rings is 1. The van der Waals surface area contributed by atoms with Crippen molar-refractivity contribution in [3.05, 3.63) is 41.8 Å². The van der Waals surface area contributed by atoms with Gasteiger partial charge in [-0.3, -0.25) is 4.79 Å². The molecule has 2 aromatic heterocycles. The van der Waals surface area contributed by atoms with Gasteiger partial charge in [-0.25, -0.2) is 4.98 Å². The molecule has 0 bridgehead atoms. The number of amides is 1. The van der Waals surface area contributed by atoms with E-state index in [-0.39, 0.29) is 36.3 Å². The lowest BCUT2D eigenvalue weighted by Gasteiger charge is -2.31. The fourth-order valence-corrected chi connectivity index (χ4v) is 2.44. The van der Waals surface area contributed by atoms with Crippen LogP contribution in [0.2, 0.25) is 0 Å². The van der Waals surface area contributed by atoms with Crippen LogP contribution >= 0.6 is 24.8 Å². The van der Waals surface area contributed by atoms with Gasteiger partial charge >= 0.3 is 0 Å². The molecule has 0 aliphatic rings. The predicted molar refractivity (Wildman–Crippen MR) is 101 cm³/mol. The molecule has 0 saturated heterocycles. The Hall–Kier alpha value is -1.56. The first kappa shape index (κ1) is 22.4. The molecule has 2 heterocycles. The number of furan rings is 1. The summed E-state index contributed by atoms with van der Waals surface area (Å²) in [7, 11) is 0. The lowest BCUT2D eigenvalue weighted by molar-refractivity contribution is 0.0894. The maximum Gasteiger partial charge on any atom is 0.253 e. The van der Waals surface area contributed by atoms with Crippen LogP contribution < -0.4 is 11.1 Å². The van der Waals surface area contributed by atoms with Gasteiger partial charge in [0.2, 0.25) is 0 Å². The third-order valence-electron chi connectivity index (χ3n) is 4.23. The number of nitrogens with zero attached hydrogens (tertiary/aromatic N) is 1. The lowest BCUT2D eigenvalue weighted by Crippen LogP contribution is -2.53. The summed E-state index contributed by atoms with van der Waals surface area (Å²) in [5.41, 5.74) is 7.43. The molecule has 0 aromatic carbocycles. The van der Waals surface area contributed by atoms with Crippen molar-refractivity contribution in [2.24, 2.45) is 5.73 Å². The van der Waals surface area contributed by atoms with Crippen molar-refractivity contribution < 1.29 is 9.21 Å². The van der Waals surface area contributed by atoms with Crippen LogP contribution in [-0.4, -0.2) is 23.0 Å². The molecule has 0 unspecified atom stereocenters. The average Bonchev–Trinajstić information content (AvgIpc) is 3.07. The predicted octanol–water partition coefficient (Wildman–Crippen LogP) is 3.74. The number of nitrogens with two attached hydrogens (primary N) is 1. The van der Waals surface area contributed by atoms with E-state index in [1.54, 1.807) is 18.4 Å². The third kappa shape index (κ3) is 4.72. The fraction of sp³-hybridized carbons (Fsp3) is 0.412. The van der Waals surface area contributed by atoms with Crippen LogP contribution in [0.1, 0.15) is 42.7 Å². The Labute approximate surface area is 155 Å². The van der Waals surface area contributed by atoms with Gasteiger partial charge in [-0.05, 0) is 44.0 Å². The molecule has 2 rings (SSSR count). The lowest BCUT2D eigenvalue weighted by atomic mass is 9.92. The molecule has 2 aromatic rings. The molecule has 1 amide bonds. The van der Waals surface area contributed by atoms with Gasteiger partial charge in [-0.15, -0.1) is 24.8 Å². The summed E-state index contributed by atoms with van der Waals surface area (Å²) in [6.07, 6.45) is 3.19. The van der Waals surface area contributed by atoms with Gasteiger partial charge < -0.3 is 15.5 Å². The van der Waals surface area contributed by atoms with Crippen LogP contribution in [0.5, 0.6) is 0 Å². The van der Waals surface area contributed by atoms with Crippen LogP contribution in [0.15, 0.2) is 34.9 Å². The highest BCUT2D eigenvalue weighted by Crippen LogP contribution is 2.20. The normalized spacial score (nSPS) is 10.5. The van der Waals surface area contributed by atoms with Crippen LogP contribution in [0, 0.1) is 6.92 Å². The zero-order chi connectivity index (χ0) is 16.2. The first-order valence-electron chi connectivity index (χ1n) is 7.59. The van der Waals surface area contributed by atoms with Crippen molar-refractivity contribution in [1.82, 2.24) is 10.3 Å². The zero-order valence-electron chi connectivity index (χ0n) is 14.2. The zero-order valence-corrected chi connectivity index (χ0v) is 15.8. The van der Waals surface area contributed by atoms with E-state index < -0.39 is 0 Å². The number of rotatable bonds is 6. The molecule has 0 atom stereocenters. The number of aryl methyl sites for hydroxylation is 1. The summed E-state index contributed by atoms with van der Waals surface area (Å²) >= 11 is 0. The first-order chi connectivity index (χ1) is 10.5. The Kier molecular flexibility index (Phi) is 9.04. The van der Waals surface area contributed by atoms with Gasteiger partial charge in [0.05, 0.1) is 23.1 Å². The van der Waals surface area contributed by atoms with E-state index in [2.05, 4.69) is 10.3 Å². The minimum atomic E-state index is -0.358. The molecule has 24 heavy (non-hydrogen) atoms. The van der Waals surface area contributed by atoms with Crippen molar-refractivity contribution >= 4 is 30.7 Å². The quantitative estimate of drug-likeness (QED) is 0.807. The molecule has 7 heteroatoms. The minimum Gasteiger partial charge on any atom is -0.463 e. The maximum absolute atomic E-state index is 12.5. The summed E-state index contributed by atoms with van der Waals surface area (Å²) < 4.78 is 5.33. The van der Waals surface area contributed by atoms with Crippen LogP contribution in [0.3, 0.4) is 0 Å². The van der Waals surface area contributed by atoms with Crippen molar-refractivity contribution in [3.63, 3.8) is 0 Å². The van der Waals surface area contributed by atoms with E-state index in [1.165, 1.54) is 0 Å². The second-order valence-corrected chi connectivity index (χ2v) is 5.45. The van der Waals surface area contributed by atoms with E-state index >= 15 is 0 Å². The molecule has 3 N–H and O–H groups in total. The fourth-order valence-electron chi connectivity index (χ4n) is 2.44. The SMILES string of the molecule is CCC(CC)(CN)NC(=O)c1ccc(-c2ccco2)nc1C.Cl.Cl. The summed E-state index contributed by atoms with van der Waals surface area (Å²) in [6, 6.07) is 7.23. The number of hydrogen-bond acceptors (Lipinski definition) is 4. The Bertz CT molecular complexity index is 633. The number of hydrogen-bond donors (Lipinski definition) is 2. The smallest absolute Gasteiger partial charge is 0.253 e. The summed E-state index contributed by atoms with van der Waals surface area (Å²) in [5.74, 6) is 0.554. The highest BCUT2D eigenvalue weighted by molar-refractivity contribution is 5.96. The molecule has 0 aliphatic heterocycles. The van der Waals surface area contributed by atoms with Crippen molar-refractivity contribution in [2.45, 2.75) is 39.2 Å². The topological polar surface area (TPSA) is 81.1 Å². The van der Waals surface area contributed by atoms with Crippen molar-refractivity contribution in [1.29, 1.82) is 0 Å². The van der Waals surface area contributed by atoms with Gasteiger partial charge in [-0.2, -0.15) is 0 Å². The second kappa shape index (κ2) is 9.67. The van der Waals surface area contributed by atoms with E-state index in [4.69, 9.17) is 10.2 Å². The molecule has 0 fully saturated rings. The molecule has 0 saturated carbocycles. The second-order valence-electron chi connectivity index (χ2n) is 5.45. The number of carbonyl (C=O) groups excluding carboxylic acids is 1. The third-order valence-corrected chi connectivity index (χ3v) is 4.23. The van der Waals surface area contributed by atoms with E-state index in [9.17, 15) is 4.79 Å². The Morgan fingerprint density at radius 2 is 1.92 bits per heavy atom. The standard InChI is InChI=1S/C17H23N3O2.2ClH/c1-4-17(5-2,11-18)20-16(21)13-8-9-14(19-12(13)3)15-7-6-10-22-15;;/h6-10H,4-5,11,18H2,1-3H3,(H,20,21);2*1H. The van der Waals surface area contributed by atoms with Gasteiger partial charge in [0.25, 0.3) is 5.91 Å². The van der Waals surface area contributed by atoms with E-state index in [1.807, 2.05) is 32.9 Å². The summed E-state index contributed by atoms with van der Waals surface area (Å²) in [6.45, 7) is 6.30. The summed E-state index contributed by atoms with van der Waals surface area (Å²) in [4.78, 5) is 17.0. The maximum atomic E-state index is 12.5. The largest absolute Gasteiger partial charge is 0.463 e. The Balaban J connectivity index is 0.00000264. The summed E-state index contributed by atoms with van der Waals surface area (Å²) in [5, 5.41) is 3.06. The van der Waals surface area contributed by atoms with Gasteiger partial charge in [0, 0.05) is 6.54 Å². The Morgan fingerprint density at radius 1 is 1.25 bits per heavy atom. The van der Waals surface area contributed by atoms with Gasteiger partial charge in [-0.1, -0.05) is 13.8 Å². The van der Waals surface area contributed by atoms with E-state index in [0.717, 1.165) is 18.5 Å². The minimum absolute atomic E-state index is 0. The van der Waals surface area contributed by atoms with Gasteiger partial charge in [0.15, 0.2) is 5.76 Å². The van der Waals surface area contributed by atoms with Crippen LogP contribution in [-0.2, 0) is 0 Å². The number of nitrogens with one attached hydrogen (secondary N) is 1. The molecule has 134 valence electrons. The number of halogens is 2. The molecule has 0 aliphatic carbocycles. The number of aromatic nitrogens is 1. The molecule has 0 radical (unpaired) electrons. The molecular formula is C17H25Cl2N3O2.